The van der Waals surface area contributed by atoms with Gasteiger partial charge in [-0.25, -0.2) is 4.39 Å². The van der Waals surface area contributed by atoms with Gasteiger partial charge in [0.15, 0.2) is 0 Å². The zero-order valence-corrected chi connectivity index (χ0v) is 17.8. The summed E-state index contributed by atoms with van der Waals surface area (Å²) in [5, 5.41) is 2.83. The van der Waals surface area contributed by atoms with Crippen LogP contribution in [0.15, 0.2) is 36.4 Å². The van der Waals surface area contributed by atoms with Crippen LogP contribution in [0, 0.1) is 12.7 Å². The molecule has 0 spiro atoms. The van der Waals surface area contributed by atoms with E-state index < -0.39 is 24.1 Å². The van der Waals surface area contributed by atoms with Gasteiger partial charge in [0.25, 0.3) is 5.91 Å². The normalized spacial score (nSPS) is 17.3. The Morgan fingerprint density at radius 2 is 1.76 bits per heavy atom. The van der Waals surface area contributed by atoms with E-state index in [1.165, 1.54) is 13.2 Å². The molecule has 5 nitrogen and oxygen atoms in total. The van der Waals surface area contributed by atoms with Gasteiger partial charge in [-0.05, 0) is 63.9 Å². The van der Waals surface area contributed by atoms with Crippen molar-refractivity contribution in [3.8, 4) is 5.75 Å². The average molecular weight is 399 g/mol. The number of carbonyl (C=O) groups is 1. The fourth-order valence-electron chi connectivity index (χ4n) is 3.19. The Bertz CT molecular complexity index is 913. The molecule has 1 amide bonds. The highest BCUT2D eigenvalue weighted by Gasteiger charge is 2.52. The Labute approximate surface area is 171 Å². The van der Waals surface area contributed by atoms with E-state index in [-0.39, 0.29) is 12.5 Å². The molecule has 1 N–H and O–H groups in total. The first kappa shape index (κ1) is 21.3. The number of hydrogen-bond donors (Lipinski definition) is 1. The number of para-hydroxylation sites is 1. The van der Waals surface area contributed by atoms with Gasteiger partial charge in [0.2, 0.25) is 0 Å². The second kappa shape index (κ2) is 7.80. The number of amides is 1. The number of carbonyl (C=O) groups excluding carboxylic acids is 1. The molecule has 7 heteroatoms. The van der Waals surface area contributed by atoms with E-state index in [9.17, 15) is 9.18 Å². The van der Waals surface area contributed by atoms with Crippen molar-refractivity contribution in [2.75, 3.05) is 7.11 Å². The van der Waals surface area contributed by atoms with Crippen molar-refractivity contribution in [1.29, 1.82) is 0 Å². The van der Waals surface area contributed by atoms with E-state index in [2.05, 4.69) is 5.32 Å². The lowest BCUT2D eigenvalue weighted by atomic mass is 9.77. The van der Waals surface area contributed by atoms with Gasteiger partial charge in [0, 0.05) is 12.0 Å². The summed E-state index contributed by atoms with van der Waals surface area (Å²) in [5.41, 5.74) is 1.24. The molecule has 1 aliphatic rings. The lowest BCUT2D eigenvalue weighted by Crippen LogP contribution is -2.41. The summed E-state index contributed by atoms with van der Waals surface area (Å²) in [4.78, 5) is 12.5. The molecule has 2 aromatic rings. The zero-order chi connectivity index (χ0) is 21.4. The van der Waals surface area contributed by atoms with Crippen LogP contribution in [0.25, 0.3) is 0 Å². The maximum absolute atomic E-state index is 14.9. The van der Waals surface area contributed by atoms with Gasteiger partial charge in [0.1, 0.15) is 11.6 Å². The number of ether oxygens (including phenoxy) is 1. The Morgan fingerprint density at radius 1 is 1.14 bits per heavy atom. The summed E-state index contributed by atoms with van der Waals surface area (Å²) in [6, 6.07) is 10.1. The van der Waals surface area contributed by atoms with Gasteiger partial charge < -0.3 is 19.4 Å². The van der Waals surface area contributed by atoms with Gasteiger partial charge in [-0.1, -0.05) is 18.2 Å². The van der Waals surface area contributed by atoms with Gasteiger partial charge in [-0.2, -0.15) is 0 Å². The molecular weight excluding hydrogens is 372 g/mol. The Kier molecular flexibility index (Phi) is 5.74. The molecule has 0 saturated carbocycles. The molecule has 2 aromatic carbocycles. The minimum atomic E-state index is -0.768. The number of benzene rings is 2. The molecule has 1 fully saturated rings. The summed E-state index contributed by atoms with van der Waals surface area (Å²) in [5.74, 6) is -0.211. The van der Waals surface area contributed by atoms with Crippen LogP contribution in [0.1, 0.15) is 49.2 Å². The lowest BCUT2D eigenvalue weighted by molar-refractivity contribution is 0.00578. The van der Waals surface area contributed by atoms with Crippen LogP contribution < -0.4 is 15.5 Å². The predicted molar refractivity (Wildman–Crippen MR) is 111 cm³/mol. The van der Waals surface area contributed by atoms with Crippen LogP contribution in [0.5, 0.6) is 5.75 Å². The molecule has 29 heavy (non-hydrogen) atoms. The van der Waals surface area contributed by atoms with Crippen molar-refractivity contribution >= 4 is 18.5 Å². The van der Waals surface area contributed by atoms with Gasteiger partial charge in [-0.3, -0.25) is 4.79 Å². The Morgan fingerprint density at radius 3 is 2.38 bits per heavy atom. The first-order chi connectivity index (χ1) is 13.6. The third-order valence-corrected chi connectivity index (χ3v) is 5.75. The maximum Gasteiger partial charge on any atom is 0.497 e. The molecule has 1 heterocycles. The summed E-state index contributed by atoms with van der Waals surface area (Å²) < 4.78 is 32.0. The number of rotatable bonds is 5. The van der Waals surface area contributed by atoms with Gasteiger partial charge >= 0.3 is 7.12 Å². The lowest BCUT2D eigenvalue weighted by Gasteiger charge is -2.32. The Balaban J connectivity index is 1.76. The molecule has 0 aromatic heterocycles. The molecule has 1 saturated heterocycles. The highest BCUT2D eigenvalue weighted by molar-refractivity contribution is 6.62. The summed E-state index contributed by atoms with van der Waals surface area (Å²) >= 11 is 0. The Hall–Kier alpha value is -2.38. The van der Waals surface area contributed by atoms with E-state index in [0.717, 1.165) is 5.56 Å². The van der Waals surface area contributed by atoms with Crippen LogP contribution >= 0.6 is 0 Å². The third-order valence-electron chi connectivity index (χ3n) is 5.75. The van der Waals surface area contributed by atoms with Crippen LogP contribution in [0.3, 0.4) is 0 Å². The first-order valence-electron chi connectivity index (χ1n) is 9.61. The second-order valence-corrected chi connectivity index (χ2v) is 8.27. The van der Waals surface area contributed by atoms with Gasteiger partial charge in [-0.15, -0.1) is 0 Å². The summed E-state index contributed by atoms with van der Waals surface area (Å²) in [6.45, 7) is 9.79. The fraction of sp³-hybridized carbons (Fsp3) is 0.409. The summed E-state index contributed by atoms with van der Waals surface area (Å²) in [6.07, 6.45) is 0. The standard InChI is InChI=1S/C22H27BFNO4/c1-14-11-17(23-28-21(2,3)22(4,5)29-23)18(24)12-15(14)13-25-20(26)16-9-7-8-10-19(16)27-6/h7-12H,13H2,1-6H3,(H,25,26). The molecule has 0 unspecified atom stereocenters. The topological polar surface area (TPSA) is 56.8 Å². The molecule has 1 aliphatic heterocycles. The molecule has 0 atom stereocenters. The van der Waals surface area contributed by atoms with E-state index in [1.807, 2.05) is 34.6 Å². The largest absolute Gasteiger partial charge is 0.497 e. The molecule has 154 valence electrons. The quantitative estimate of drug-likeness (QED) is 0.784. The van der Waals surface area contributed by atoms with Crippen molar-refractivity contribution in [2.24, 2.45) is 0 Å². The predicted octanol–water partition coefficient (Wildman–Crippen LogP) is 3.37. The highest BCUT2D eigenvalue weighted by Crippen LogP contribution is 2.36. The number of hydrogen-bond acceptors (Lipinski definition) is 4. The minimum absolute atomic E-state index is 0.198. The van der Waals surface area contributed by atoms with Crippen molar-refractivity contribution in [3.63, 3.8) is 0 Å². The number of halogens is 1. The number of methoxy groups -OCH3 is 1. The van der Waals surface area contributed by atoms with E-state index >= 15 is 0 Å². The molecule has 0 radical (unpaired) electrons. The van der Waals surface area contributed by atoms with Gasteiger partial charge in [0.05, 0.1) is 23.9 Å². The molecule has 0 bridgehead atoms. The van der Waals surface area contributed by atoms with Crippen LogP contribution in [0.4, 0.5) is 4.39 Å². The average Bonchev–Trinajstić information content (AvgIpc) is 2.88. The first-order valence-corrected chi connectivity index (χ1v) is 9.61. The number of nitrogens with one attached hydrogen (secondary N) is 1. The van der Waals surface area contributed by atoms with Crippen LogP contribution in [0.2, 0.25) is 0 Å². The highest BCUT2D eigenvalue weighted by atomic mass is 19.1. The maximum atomic E-state index is 14.9. The molecular formula is C22H27BFNO4. The molecule has 0 aliphatic carbocycles. The van der Waals surface area contributed by atoms with Crippen LogP contribution in [-0.4, -0.2) is 31.3 Å². The smallest absolute Gasteiger partial charge is 0.496 e. The van der Waals surface area contributed by atoms with E-state index in [4.69, 9.17) is 14.0 Å². The van der Waals surface area contributed by atoms with Crippen molar-refractivity contribution < 1.29 is 23.2 Å². The van der Waals surface area contributed by atoms with Crippen molar-refractivity contribution in [3.05, 3.63) is 58.9 Å². The zero-order valence-electron chi connectivity index (χ0n) is 17.8. The van der Waals surface area contributed by atoms with Crippen molar-refractivity contribution in [2.45, 2.75) is 52.4 Å². The number of aryl methyl sites for hydroxylation is 1. The van der Waals surface area contributed by atoms with Crippen LogP contribution in [-0.2, 0) is 15.9 Å². The third kappa shape index (κ3) is 4.16. The SMILES string of the molecule is COc1ccccc1C(=O)NCc1cc(F)c(B2OC(C)(C)C(C)(C)O2)cc1C. The monoisotopic (exact) mass is 399 g/mol. The van der Waals surface area contributed by atoms with Crippen molar-refractivity contribution in [1.82, 2.24) is 5.32 Å². The van der Waals surface area contributed by atoms with E-state index in [0.29, 0.717) is 22.3 Å². The minimum Gasteiger partial charge on any atom is -0.496 e. The van der Waals surface area contributed by atoms with E-state index in [1.54, 1.807) is 30.3 Å². The summed E-state index contributed by atoms with van der Waals surface area (Å²) in [7, 11) is 0.746. The fourth-order valence-corrected chi connectivity index (χ4v) is 3.19. The second-order valence-electron chi connectivity index (χ2n) is 8.27. The molecule has 3 rings (SSSR count).